The van der Waals surface area contributed by atoms with Crippen LogP contribution in [0.15, 0.2) is 42.7 Å². The van der Waals surface area contributed by atoms with Crippen molar-refractivity contribution in [1.29, 1.82) is 0 Å². The van der Waals surface area contributed by atoms with Gasteiger partial charge in [-0.15, -0.1) is 0 Å². The zero-order valence-electron chi connectivity index (χ0n) is 14.8. The number of methoxy groups -OCH3 is 1. The van der Waals surface area contributed by atoms with Crippen molar-refractivity contribution < 1.29 is 14.3 Å². The summed E-state index contributed by atoms with van der Waals surface area (Å²) in [5.74, 6) is 1.30. The summed E-state index contributed by atoms with van der Waals surface area (Å²) in [6.07, 6.45) is 4.12. The molecule has 1 N–H and O–H groups in total. The second-order valence-electron chi connectivity index (χ2n) is 6.51. The molecule has 1 aromatic carbocycles. The lowest BCUT2D eigenvalue weighted by molar-refractivity contribution is -0.119. The van der Waals surface area contributed by atoms with Gasteiger partial charge in [0.15, 0.2) is 5.15 Å². The van der Waals surface area contributed by atoms with Crippen LogP contribution in [0.3, 0.4) is 0 Å². The van der Waals surface area contributed by atoms with E-state index < -0.39 is 0 Å². The summed E-state index contributed by atoms with van der Waals surface area (Å²) in [7, 11) is 1.64. The summed E-state index contributed by atoms with van der Waals surface area (Å²) in [4.78, 5) is 16.1. The largest absolute Gasteiger partial charge is 0.497 e. The van der Waals surface area contributed by atoms with Crippen molar-refractivity contribution in [3.05, 3.63) is 53.4 Å². The Morgan fingerprint density at radius 2 is 2.15 bits per heavy atom. The molecule has 0 radical (unpaired) electrons. The van der Waals surface area contributed by atoms with E-state index in [9.17, 15) is 4.79 Å². The highest BCUT2D eigenvalue weighted by Crippen LogP contribution is 2.27. The van der Waals surface area contributed by atoms with E-state index in [4.69, 9.17) is 21.1 Å². The number of ether oxygens (including phenoxy) is 2. The van der Waals surface area contributed by atoms with Crippen LogP contribution >= 0.6 is 11.6 Å². The molecule has 3 aromatic rings. The molecule has 7 nitrogen and oxygen atoms in total. The average Bonchev–Trinajstić information content (AvgIpc) is 3.30. The third-order valence-corrected chi connectivity index (χ3v) is 4.90. The molecule has 0 spiro atoms. The fourth-order valence-corrected chi connectivity index (χ4v) is 3.46. The first-order valence-corrected chi connectivity index (χ1v) is 9.06. The molecule has 3 heterocycles. The number of rotatable bonds is 6. The second-order valence-corrected chi connectivity index (χ2v) is 6.89. The van der Waals surface area contributed by atoms with Gasteiger partial charge in [0.2, 0.25) is 11.8 Å². The van der Waals surface area contributed by atoms with E-state index in [0.717, 1.165) is 16.8 Å². The van der Waals surface area contributed by atoms with Crippen molar-refractivity contribution in [3.63, 3.8) is 0 Å². The lowest BCUT2D eigenvalue weighted by atomic mass is 9.95. The molecule has 0 aliphatic carbocycles. The van der Waals surface area contributed by atoms with Gasteiger partial charge in [0.05, 0.1) is 19.5 Å². The average molecular weight is 387 g/mol. The molecule has 140 valence electrons. The van der Waals surface area contributed by atoms with Gasteiger partial charge < -0.3 is 14.8 Å². The molecule has 0 unspecified atom stereocenters. The van der Waals surface area contributed by atoms with Crippen LogP contribution in [0, 0.1) is 5.92 Å². The third kappa shape index (κ3) is 3.83. The van der Waals surface area contributed by atoms with E-state index in [-0.39, 0.29) is 17.9 Å². The number of nitrogens with zero attached hydrogens (tertiary/aromatic N) is 3. The van der Waals surface area contributed by atoms with Gasteiger partial charge in [-0.3, -0.25) is 4.79 Å². The quantitative estimate of drug-likeness (QED) is 0.704. The summed E-state index contributed by atoms with van der Waals surface area (Å²) >= 11 is 6.11. The first-order valence-electron chi connectivity index (χ1n) is 8.68. The van der Waals surface area contributed by atoms with E-state index in [1.165, 1.54) is 0 Å². The SMILES string of the molecule is COc1ccc(C[C@@H](Oc2nc(Cl)cn3nccc23)[C@H]2CNC(=O)C2)cc1. The Bertz CT molecular complexity index is 957. The molecular formula is C19H19ClN4O3. The summed E-state index contributed by atoms with van der Waals surface area (Å²) in [6.45, 7) is 0.579. The number of fused-ring (bicyclic) bond motifs is 1. The van der Waals surface area contributed by atoms with Crippen LogP contribution in [0.2, 0.25) is 5.15 Å². The maximum absolute atomic E-state index is 11.7. The summed E-state index contributed by atoms with van der Waals surface area (Å²) in [5, 5.41) is 7.37. The van der Waals surface area contributed by atoms with Crippen LogP contribution in [0.25, 0.3) is 5.52 Å². The minimum atomic E-state index is -0.234. The predicted octanol–water partition coefficient (Wildman–Crippen LogP) is 2.52. The number of hydrogen-bond donors (Lipinski definition) is 1. The van der Waals surface area contributed by atoms with E-state index >= 15 is 0 Å². The molecule has 8 heteroatoms. The van der Waals surface area contributed by atoms with Crippen molar-refractivity contribution in [1.82, 2.24) is 19.9 Å². The summed E-state index contributed by atoms with van der Waals surface area (Å²) in [6, 6.07) is 9.65. The second kappa shape index (κ2) is 7.44. The monoisotopic (exact) mass is 386 g/mol. The predicted molar refractivity (Wildman–Crippen MR) is 100 cm³/mol. The molecular weight excluding hydrogens is 368 g/mol. The number of amides is 1. The van der Waals surface area contributed by atoms with Gasteiger partial charge in [0.1, 0.15) is 17.4 Å². The van der Waals surface area contributed by atoms with Gasteiger partial charge in [-0.2, -0.15) is 10.1 Å². The van der Waals surface area contributed by atoms with Crippen LogP contribution in [0.4, 0.5) is 0 Å². The number of nitrogens with one attached hydrogen (secondary N) is 1. The summed E-state index contributed by atoms with van der Waals surface area (Å²) < 4.78 is 13.1. The van der Waals surface area contributed by atoms with Crippen molar-refractivity contribution in [2.45, 2.75) is 18.9 Å². The Hall–Kier alpha value is -2.80. The maximum Gasteiger partial charge on any atom is 0.241 e. The normalized spacial score (nSPS) is 17.7. The van der Waals surface area contributed by atoms with Crippen molar-refractivity contribution in [2.24, 2.45) is 5.92 Å². The molecule has 2 aromatic heterocycles. The van der Waals surface area contributed by atoms with Gasteiger partial charge in [0, 0.05) is 25.3 Å². The van der Waals surface area contributed by atoms with Crippen molar-refractivity contribution in [2.75, 3.05) is 13.7 Å². The number of carbonyl (C=O) groups is 1. The molecule has 1 amide bonds. The maximum atomic E-state index is 11.7. The molecule has 1 saturated heterocycles. The first kappa shape index (κ1) is 17.6. The van der Waals surface area contributed by atoms with Gasteiger partial charge in [-0.05, 0) is 23.8 Å². The van der Waals surface area contributed by atoms with E-state index in [0.29, 0.717) is 30.4 Å². The van der Waals surface area contributed by atoms with Gasteiger partial charge in [-0.25, -0.2) is 4.52 Å². The Balaban J connectivity index is 1.62. The van der Waals surface area contributed by atoms with Crippen molar-refractivity contribution >= 4 is 23.0 Å². The zero-order valence-corrected chi connectivity index (χ0v) is 15.5. The minimum Gasteiger partial charge on any atom is -0.497 e. The van der Waals surface area contributed by atoms with Crippen LogP contribution in [0.1, 0.15) is 12.0 Å². The highest BCUT2D eigenvalue weighted by Gasteiger charge is 2.32. The van der Waals surface area contributed by atoms with E-state index in [1.807, 2.05) is 30.3 Å². The Morgan fingerprint density at radius 3 is 2.85 bits per heavy atom. The van der Waals surface area contributed by atoms with Crippen LogP contribution in [-0.4, -0.2) is 40.3 Å². The highest BCUT2D eigenvalue weighted by molar-refractivity contribution is 6.29. The Kier molecular flexibility index (Phi) is 4.85. The molecule has 27 heavy (non-hydrogen) atoms. The molecule has 0 saturated carbocycles. The summed E-state index contributed by atoms with van der Waals surface area (Å²) in [5.41, 5.74) is 1.82. The number of halogens is 1. The molecule has 0 bridgehead atoms. The molecule has 1 fully saturated rings. The standard InChI is InChI=1S/C19H19ClN4O3/c1-26-14-4-2-12(3-5-14)8-16(13-9-18(25)21-10-13)27-19-15-6-7-22-24(15)11-17(20)23-19/h2-7,11,13,16H,8-10H2,1H3,(H,21,25)/t13-,16-/m1/s1. The minimum absolute atomic E-state index is 0.0388. The van der Waals surface area contributed by atoms with Crippen LogP contribution < -0.4 is 14.8 Å². The van der Waals surface area contributed by atoms with Crippen LogP contribution in [-0.2, 0) is 11.2 Å². The van der Waals surface area contributed by atoms with Gasteiger partial charge in [-0.1, -0.05) is 23.7 Å². The number of aromatic nitrogens is 3. The molecule has 1 aliphatic rings. The first-order chi connectivity index (χ1) is 13.1. The van der Waals surface area contributed by atoms with Gasteiger partial charge in [0.25, 0.3) is 0 Å². The number of carbonyl (C=O) groups excluding carboxylic acids is 1. The lowest BCUT2D eigenvalue weighted by Gasteiger charge is -2.24. The van der Waals surface area contributed by atoms with E-state index in [1.54, 1.807) is 24.0 Å². The highest BCUT2D eigenvalue weighted by atomic mass is 35.5. The smallest absolute Gasteiger partial charge is 0.241 e. The number of hydrogen-bond acceptors (Lipinski definition) is 5. The fraction of sp³-hybridized carbons (Fsp3) is 0.316. The third-order valence-electron chi connectivity index (χ3n) is 4.72. The van der Waals surface area contributed by atoms with Crippen LogP contribution in [0.5, 0.6) is 11.6 Å². The molecule has 4 rings (SSSR count). The lowest BCUT2D eigenvalue weighted by Crippen LogP contribution is -2.31. The van der Waals surface area contributed by atoms with Gasteiger partial charge >= 0.3 is 0 Å². The topological polar surface area (TPSA) is 77.8 Å². The van der Waals surface area contributed by atoms with E-state index in [2.05, 4.69) is 15.4 Å². The Labute approximate surface area is 161 Å². The molecule has 1 aliphatic heterocycles. The molecule has 2 atom stereocenters. The Morgan fingerprint density at radius 1 is 1.33 bits per heavy atom. The van der Waals surface area contributed by atoms with Crippen molar-refractivity contribution in [3.8, 4) is 11.6 Å². The fourth-order valence-electron chi connectivity index (χ4n) is 3.29. The number of benzene rings is 1. The zero-order chi connectivity index (χ0) is 18.8.